The summed E-state index contributed by atoms with van der Waals surface area (Å²) in [6.07, 6.45) is 1.33. The summed E-state index contributed by atoms with van der Waals surface area (Å²) in [6.45, 7) is 6.24. The number of likely N-dealkylation sites (tertiary alicyclic amines) is 1. The fraction of sp³-hybridized carbons (Fsp3) is 0.800. The highest BCUT2D eigenvalue weighted by Crippen LogP contribution is 2.14. The van der Waals surface area contributed by atoms with Crippen LogP contribution in [0.25, 0.3) is 0 Å². The van der Waals surface area contributed by atoms with Crippen molar-refractivity contribution in [1.82, 2.24) is 10.2 Å². The molecule has 3 N–H and O–H groups in total. The van der Waals surface area contributed by atoms with E-state index in [1.54, 1.807) is 0 Å². The molecule has 0 aliphatic carbocycles. The van der Waals surface area contributed by atoms with Gasteiger partial charge in [0.2, 0.25) is 5.91 Å². The first-order chi connectivity index (χ1) is 7.11. The van der Waals surface area contributed by atoms with Crippen LogP contribution in [0, 0.1) is 5.92 Å². The number of nitrogens with zero attached hydrogens (tertiary/aromatic N) is 1. The van der Waals surface area contributed by atoms with Crippen molar-refractivity contribution < 1.29 is 4.79 Å². The molecule has 4 nitrogen and oxygen atoms in total. The van der Waals surface area contributed by atoms with Gasteiger partial charge in [-0.25, -0.2) is 0 Å². The molecule has 0 radical (unpaired) electrons. The highest BCUT2D eigenvalue weighted by Gasteiger charge is 2.21. The summed E-state index contributed by atoms with van der Waals surface area (Å²) < 4.78 is 0. The summed E-state index contributed by atoms with van der Waals surface area (Å²) in [4.78, 5) is 13.9. The Kier molecular flexibility index (Phi) is 4.98. The van der Waals surface area contributed by atoms with Gasteiger partial charge in [-0.2, -0.15) is 0 Å². The van der Waals surface area contributed by atoms with Gasteiger partial charge < -0.3 is 16.0 Å². The second kappa shape index (κ2) is 6.02. The van der Waals surface area contributed by atoms with Crippen LogP contribution >= 0.6 is 12.2 Å². The van der Waals surface area contributed by atoms with E-state index in [4.69, 9.17) is 5.73 Å². The van der Waals surface area contributed by atoms with Crippen LogP contribution in [-0.2, 0) is 4.79 Å². The number of rotatable bonds is 5. The molecular formula is C10H19N3OS. The first kappa shape index (κ1) is 12.4. The lowest BCUT2D eigenvalue weighted by Gasteiger charge is -2.13. The molecule has 5 heteroatoms. The number of nitrogens with two attached hydrogens (primary N) is 1. The van der Waals surface area contributed by atoms with E-state index in [0.29, 0.717) is 5.92 Å². The van der Waals surface area contributed by atoms with Crippen molar-refractivity contribution in [2.75, 3.05) is 26.2 Å². The number of amides is 1. The molecule has 15 heavy (non-hydrogen) atoms. The Bertz CT molecular complexity index is 245. The first-order valence-corrected chi connectivity index (χ1v) is 5.80. The fourth-order valence-electron chi connectivity index (χ4n) is 1.85. The number of hydrogen-bond donors (Lipinski definition) is 2. The van der Waals surface area contributed by atoms with E-state index < -0.39 is 0 Å². The van der Waals surface area contributed by atoms with E-state index in [2.05, 4.69) is 29.4 Å². The quantitative estimate of drug-likeness (QED) is 0.658. The maximum Gasteiger partial charge on any atom is 0.226 e. The van der Waals surface area contributed by atoms with Gasteiger partial charge in [-0.05, 0) is 25.4 Å². The Morgan fingerprint density at radius 1 is 1.67 bits per heavy atom. The van der Waals surface area contributed by atoms with Crippen molar-refractivity contribution in [3.63, 3.8) is 0 Å². The van der Waals surface area contributed by atoms with Gasteiger partial charge in [-0.15, -0.1) is 0 Å². The third kappa shape index (κ3) is 4.57. The van der Waals surface area contributed by atoms with Crippen molar-refractivity contribution in [2.45, 2.75) is 19.8 Å². The van der Waals surface area contributed by atoms with Crippen LogP contribution in [0.1, 0.15) is 19.8 Å². The van der Waals surface area contributed by atoms with Crippen molar-refractivity contribution in [3.8, 4) is 0 Å². The number of nitrogens with one attached hydrogen (secondary N) is 1. The standard InChI is InChI=1S/C10H19N3OS/c1-2-13-4-3-8(7-13)6-12-10(14)5-9(11)15/h8H,2-7H2,1H3,(H2,11,15)(H,12,14). The molecule has 0 aromatic heterocycles. The summed E-state index contributed by atoms with van der Waals surface area (Å²) in [5.41, 5.74) is 5.28. The predicted octanol–water partition coefficient (Wildman–Crippen LogP) is 0.121. The molecule has 1 atom stereocenters. The Hall–Kier alpha value is -0.680. The van der Waals surface area contributed by atoms with Gasteiger partial charge in [0.15, 0.2) is 0 Å². The van der Waals surface area contributed by atoms with E-state index in [9.17, 15) is 4.79 Å². The topological polar surface area (TPSA) is 58.4 Å². The molecule has 0 saturated carbocycles. The average molecular weight is 229 g/mol. The Morgan fingerprint density at radius 3 is 2.93 bits per heavy atom. The fourth-order valence-corrected chi connectivity index (χ4v) is 1.98. The molecule has 0 bridgehead atoms. The van der Waals surface area contributed by atoms with Gasteiger partial charge >= 0.3 is 0 Å². The minimum Gasteiger partial charge on any atom is -0.393 e. The van der Waals surface area contributed by atoms with Crippen LogP contribution in [0.5, 0.6) is 0 Å². The molecule has 1 fully saturated rings. The number of carbonyl (C=O) groups is 1. The molecule has 1 aliphatic rings. The van der Waals surface area contributed by atoms with Crippen LogP contribution in [0.3, 0.4) is 0 Å². The Labute approximate surface area is 96.2 Å². The van der Waals surface area contributed by atoms with Crippen LogP contribution in [0.15, 0.2) is 0 Å². The zero-order valence-corrected chi connectivity index (χ0v) is 9.98. The molecule has 1 heterocycles. The summed E-state index contributed by atoms with van der Waals surface area (Å²) in [6, 6.07) is 0. The van der Waals surface area contributed by atoms with Gasteiger partial charge in [0.05, 0.1) is 11.4 Å². The average Bonchev–Trinajstić information content (AvgIpc) is 2.61. The number of carbonyl (C=O) groups excluding carboxylic acids is 1. The van der Waals surface area contributed by atoms with Crippen molar-refractivity contribution in [1.29, 1.82) is 0 Å². The molecule has 86 valence electrons. The third-order valence-corrected chi connectivity index (χ3v) is 2.88. The van der Waals surface area contributed by atoms with Gasteiger partial charge in [0.25, 0.3) is 0 Å². The highest BCUT2D eigenvalue weighted by molar-refractivity contribution is 7.80. The monoisotopic (exact) mass is 229 g/mol. The highest BCUT2D eigenvalue weighted by atomic mass is 32.1. The summed E-state index contributed by atoms with van der Waals surface area (Å²) in [5.74, 6) is 0.526. The van der Waals surface area contributed by atoms with Gasteiger partial charge in [-0.1, -0.05) is 19.1 Å². The van der Waals surface area contributed by atoms with Crippen LogP contribution in [0.2, 0.25) is 0 Å². The van der Waals surface area contributed by atoms with Gasteiger partial charge in [-0.3, -0.25) is 4.79 Å². The zero-order chi connectivity index (χ0) is 11.3. The van der Waals surface area contributed by atoms with Crippen LogP contribution in [-0.4, -0.2) is 42.0 Å². The smallest absolute Gasteiger partial charge is 0.226 e. The SMILES string of the molecule is CCN1CCC(CNC(=O)CC(N)=S)C1. The lowest BCUT2D eigenvalue weighted by Crippen LogP contribution is -2.33. The van der Waals surface area contributed by atoms with Crippen LogP contribution in [0.4, 0.5) is 0 Å². The first-order valence-electron chi connectivity index (χ1n) is 5.39. The molecule has 0 aromatic carbocycles. The molecule has 1 aliphatic heterocycles. The Morgan fingerprint density at radius 2 is 2.40 bits per heavy atom. The zero-order valence-electron chi connectivity index (χ0n) is 9.16. The maximum absolute atomic E-state index is 11.3. The normalized spacial score (nSPS) is 21.5. The van der Waals surface area contributed by atoms with Crippen molar-refractivity contribution in [2.24, 2.45) is 11.7 Å². The molecule has 1 rings (SSSR count). The summed E-state index contributed by atoms with van der Waals surface area (Å²) in [7, 11) is 0. The lowest BCUT2D eigenvalue weighted by atomic mass is 10.1. The van der Waals surface area contributed by atoms with E-state index in [1.807, 2.05) is 0 Å². The minimum absolute atomic E-state index is 0.0579. The van der Waals surface area contributed by atoms with E-state index in [0.717, 1.165) is 26.2 Å². The maximum atomic E-state index is 11.3. The van der Waals surface area contributed by atoms with E-state index in [-0.39, 0.29) is 17.3 Å². The molecule has 1 unspecified atom stereocenters. The van der Waals surface area contributed by atoms with Gasteiger partial charge in [0, 0.05) is 13.1 Å². The largest absolute Gasteiger partial charge is 0.393 e. The Balaban J connectivity index is 2.15. The van der Waals surface area contributed by atoms with E-state index >= 15 is 0 Å². The molecule has 0 aromatic rings. The van der Waals surface area contributed by atoms with Crippen LogP contribution < -0.4 is 11.1 Å². The van der Waals surface area contributed by atoms with Gasteiger partial charge in [0.1, 0.15) is 0 Å². The number of hydrogen-bond acceptors (Lipinski definition) is 3. The van der Waals surface area contributed by atoms with Crippen molar-refractivity contribution >= 4 is 23.1 Å². The van der Waals surface area contributed by atoms with E-state index in [1.165, 1.54) is 6.42 Å². The lowest BCUT2D eigenvalue weighted by molar-refractivity contribution is -0.120. The summed E-state index contributed by atoms with van der Waals surface area (Å²) >= 11 is 4.67. The van der Waals surface area contributed by atoms with Crippen molar-refractivity contribution in [3.05, 3.63) is 0 Å². The summed E-state index contributed by atoms with van der Waals surface area (Å²) in [5, 5.41) is 2.87. The molecule has 1 saturated heterocycles. The minimum atomic E-state index is -0.0579. The number of thiocarbonyl (C=S) groups is 1. The second-order valence-electron chi connectivity index (χ2n) is 4.00. The predicted molar refractivity (Wildman–Crippen MR) is 64.6 cm³/mol. The molecule has 0 spiro atoms. The molecule has 1 amide bonds. The third-order valence-electron chi connectivity index (χ3n) is 2.74. The molecular weight excluding hydrogens is 210 g/mol. The second-order valence-corrected chi connectivity index (χ2v) is 4.52.